The number of carbonyl (C=O) groups excluding carboxylic acids is 2. The van der Waals surface area contributed by atoms with E-state index in [9.17, 15) is 19.5 Å². The summed E-state index contributed by atoms with van der Waals surface area (Å²) in [5.74, 6) is -1.89. The smallest absolute Gasteiger partial charge is 0.350 e. The lowest BCUT2D eigenvalue weighted by atomic mass is 10.3. The van der Waals surface area contributed by atoms with Crippen molar-refractivity contribution in [3.63, 3.8) is 0 Å². The largest absolute Gasteiger partial charge is 0.505 e. The van der Waals surface area contributed by atoms with Crippen molar-refractivity contribution in [1.82, 2.24) is 14.8 Å². The molecule has 0 unspecified atom stereocenters. The number of ether oxygens (including phenoxy) is 1. The van der Waals surface area contributed by atoms with Crippen LogP contribution >= 0.6 is 27.3 Å². The first-order valence-corrected chi connectivity index (χ1v) is 10.4. The Kier molecular flexibility index (Phi) is 6.32. The van der Waals surface area contributed by atoms with Crippen LogP contribution in [-0.4, -0.2) is 37.9 Å². The van der Waals surface area contributed by atoms with Gasteiger partial charge in [0.05, 0.1) is 17.5 Å². The van der Waals surface area contributed by atoms with Gasteiger partial charge >= 0.3 is 5.97 Å². The van der Waals surface area contributed by atoms with E-state index < -0.39 is 23.2 Å². The van der Waals surface area contributed by atoms with Crippen LogP contribution in [0.5, 0.6) is 5.75 Å². The molecule has 2 heterocycles. The van der Waals surface area contributed by atoms with E-state index in [0.29, 0.717) is 11.4 Å². The van der Waals surface area contributed by atoms with Crippen LogP contribution in [0.4, 0.5) is 5.13 Å². The van der Waals surface area contributed by atoms with Crippen LogP contribution in [0.3, 0.4) is 0 Å². The molecule has 156 valence electrons. The Morgan fingerprint density at radius 3 is 2.57 bits per heavy atom. The Morgan fingerprint density at radius 2 is 1.93 bits per heavy atom. The number of nitrogens with zero attached hydrogens (tertiary/aromatic N) is 3. The minimum atomic E-state index is -0.782. The van der Waals surface area contributed by atoms with Crippen LogP contribution in [0, 0.1) is 6.92 Å². The number of thiazole rings is 1. The van der Waals surface area contributed by atoms with E-state index in [1.54, 1.807) is 45.0 Å². The van der Waals surface area contributed by atoms with E-state index >= 15 is 0 Å². The molecule has 0 aliphatic carbocycles. The van der Waals surface area contributed by atoms with E-state index in [4.69, 9.17) is 4.74 Å². The Bertz CT molecular complexity index is 1170. The molecule has 0 saturated carbocycles. The maximum absolute atomic E-state index is 12.6. The molecule has 9 nitrogen and oxygen atoms in total. The van der Waals surface area contributed by atoms with Gasteiger partial charge in [0.15, 0.2) is 16.6 Å². The third-order valence-electron chi connectivity index (χ3n) is 3.74. The van der Waals surface area contributed by atoms with Gasteiger partial charge in [-0.15, -0.1) is 0 Å². The number of esters is 1. The van der Waals surface area contributed by atoms with Gasteiger partial charge in [0, 0.05) is 10.5 Å². The van der Waals surface area contributed by atoms with E-state index in [0.717, 1.165) is 26.6 Å². The highest BCUT2D eigenvalue weighted by Crippen LogP contribution is 2.25. The second kappa shape index (κ2) is 8.76. The number of halogens is 1. The van der Waals surface area contributed by atoms with Gasteiger partial charge in [-0.25, -0.2) is 9.78 Å². The summed E-state index contributed by atoms with van der Waals surface area (Å²) >= 11 is 4.25. The first kappa shape index (κ1) is 21.7. The van der Waals surface area contributed by atoms with Gasteiger partial charge in [-0.05, 0) is 45.0 Å². The Morgan fingerprint density at radius 1 is 1.27 bits per heavy atom. The molecule has 0 aliphatic rings. The van der Waals surface area contributed by atoms with E-state index in [2.05, 4.69) is 31.3 Å². The first-order chi connectivity index (χ1) is 14.2. The van der Waals surface area contributed by atoms with Gasteiger partial charge < -0.3 is 9.84 Å². The maximum Gasteiger partial charge on any atom is 0.350 e. The predicted octanol–water partition coefficient (Wildman–Crippen LogP) is 3.28. The Hall–Kier alpha value is -3.05. The molecule has 0 atom stereocenters. The topological polar surface area (TPSA) is 123 Å². The molecular weight excluding hydrogens is 476 g/mol. The van der Waals surface area contributed by atoms with E-state index in [-0.39, 0.29) is 21.8 Å². The number of amides is 1. The molecule has 3 rings (SSSR count). The average molecular weight is 493 g/mol. The second-order valence-corrected chi connectivity index (χ2v) is 8.36. The third-order valence-corrected chi connectivity index (χ3v) is 5.32. The molecule has 2 N–H and O–H groups in total. The number of nitrogens with one attached hydrogen (secondary N) is 1. The van der Waals surface area contributed by atoms with Crippen molar-refractivity contribution in [3.05, 3.63) is 61.4 Å². The van der Waals surface area contributed by atoms with Crippen molar-refractivity contribution in [2.75, 3.05) is 5.32 Å². The number of hydrogen-bond donors (Lipinski definition) is 2. The molecule has 30 heavy (non-hydrogen) atoms. The quantitative estimate of drug-likeness (QED) is 0.523. The van der Waals surface area contributed by atoms with Gasteiger partial charge in [-0.2, -0.15) is 9.78 Å². The molecule has 0 radical (unpaired) electrons. The van der Waals surface area contributed by atoms with Crippen LogP contribution in [0.1, 0.15) is 39.7 Å². The number of rotatable bonds is 5. The summed E-state index contributed by atoms with van der Waals surface area (Å²) in [4.78, 5) is 41.4. The molecule has 2 aromatic heterocycles. The van der Waals surface area contributed by atoms with Crippen molar-refractivity contribution in [1.29, 1.82) is 0 Å². The monoisotopic (exact) mass is 492 g/mol. The summed E-state index contributed by atoms with van der Waals surface area (Å²) in [5, 5.41) is 16.7. The normalized spacial score (nSPS) is 10.8. The zero-order chi connectivity index (χ0) is 22.0. The molecule has 0 spiro atoms. The standard InChI is InChI=1S/C19H17BrN4O5S/c1-9(2)29-18(28)16-10(3)21-19(30-16)22-17(27)15-13(25)8-14(26)24(23-15)12-6-4-11(20)5-7-12/h4-9,25H,1-3H3,(H,21,22,27). The van der Waals surface area contributed by atoms with Crippen molar-refractivity contribution in [2.45, 2.75) is 26.9 Å². The second-order valence-electron chi connectivity index (χ2n) is 6.45. The van der Waals surface area contributed by atoms with Gasteiger partial charge in [0.25, 0.3) is 11.5 Å². The van der Waals surface area contributed by atoms with Gasteiger partial charge in [0.1, 0.15) is 4.88 Å². The van der Waals surface area contributed by atoms with Crippen LogP contribution in [0.15, 0.2) is 39.6 Å². The lowest BCUT2D eigenvalue weighted by Gasteiger charge is -2.08. The summed E-state index contributed by atoms with van der Waals surface area (Å²) in [6, 6.07) is 7.60. The SMILES string of the molecule is Cc1nc(NC(=O)c2nn(-c3ccc(Br)cc3)c(=O)cc2O)sc1C(=O)OC(C)C. The highest BCUT2D eigenvalue weighted by Gasteiger charge is 2.22. The zero-order valence-electron chi connectivity index (χ0n) is 16.2. The van der Waals surface area contributed by atoms with Crippen LogP contribution in [-0.2, 0) is 4.74 Å². The average Bonchev–Trinajstić information content (AvgIpc) is 3.02. The third kappa shape index (κ3) is 4.74. The molecule has 1 aromatic carbocycles. The molecule has 0 bridgehead atoms. The number of aromatic hydroxyl groups is 1. The molecular formula is C19H17BrN4O5S. The van der Waals surface area contributed by atoms with Crippen LogP contribution in [0.2, 0.25) is 0 Å². The minimum absolute atomic E-state index is 0.135. The Balaban J connectivity index is 1.89. The van der Waals surface area contributed by atoms with Crippen molar-refractivity contribution >= 4 is 44.3 Å². The summed E-state index contributed by atoms with van der Waals surface area (Å²) in [6.45, 7) is 5.07. The van der Waals surface area contributed by atoms with Gasteiger partial charge in [0.2, 0.25) is 0 Å². The summed E-state index contributed by atoms with van der Waals surface area (Å²) in [6.07, 6.45) is -0.294. The molecule has 0 fully saturated rings. The van der Waals surface area contributed by atoms with Crippen molar-refractivity contribution in [3.8, 4) is 11.4 Å². The van der Waals surface area contributed by atoms with Crippen LogP contribution in [0.25, 0.3) is 5.69 Å². The molecule has 0 aliphatic heterocycles. The van der Waals surface area contributed by atoms with Gasteiger partial charge in [-0.3, -0.25) is 14.9 Å². The highest BCUT2D eigenvalue weighted by atomic mass is 79.9. The highest BCUT2D eigenvalue weighted by molar-refractivity contribution is 9.10. The number of carbonyl (C=O) groups is 2. The van der Waals surface area contributed by atoms with Crippen LogP contribution < -0.4 is 10.9 Å². The fourth-order valence-corrected chi connectivity index (χ4v) is 3.55. The predicted molar refractivity (Wildman–Crippen MR) is 115 cm³/mol. The molecule has 11 heteroatoms. The minimum Gasteiger partial charge on any atom is -0.505 e. The van der Waals surface area contributed by atoms with E-state index in [1.807, 2.05) is 0 Å². The molecule has 3 aromatic rings. The van der Waals surface area contributed by atoms with Crippen molar-refractivity contribution in [2.24, 2.45) is 0 Å². The number of aryl methyl sites for hydroxylation is 1. The number of anilines is 1. The summed E-state index contributed by atoms with van der Waals surface area (Å²) < 4.78 is 6.96. The van der Waals surface area contributed by atoms with E-state index in [1.165, 1.54) is 0 Å². The number of benzene rings is 1. The maximum atomic E-state index is 12.6. The molecule has 0 saturated heterocycles. The zero-order valence-corrected chi connectivity index (χ0v) is 18.6. The lowest BCUT2D eigenvalue weighted by Crippen LogP contribution is -2.25. The number of aromatic nitrogens is 3. The van der Waals surface area contributed by atoms with Crippen molar-refractivity contribution < 1.29 is 19.4 Å². The fourth-order valence-electron chi connectivity index (χ4n) is 2.44. The fraction of sp³-hybridized carbons (Fsp3) is 0.211. The van der Waals surface area contributed by atoms with Gasteiger partial charge in [-0.1, -0.05) is 27.3 Å². The first-order valence-electron chi connectivity index (χ1n) is 8.74. The Labute approximate surface area is 183 Å². The number of hydrogen-bond acceptors (Lipinski definition) is 8. The summed E-state index contributed by atoms with van der Waals surface area (Å²) in [5.41, 5.74) is -0.147. The lowest BCUT2D eigenvalue weighted by molar-refractivity contribution is 0.0382. The molecule has 1 amide bonds. The summed E-state index contributed by atoms with van der Waals surface area (Å²) in [7, 11) is 0.